The monoisotopic (exact) mass is 389 g/mol. The summed E-state index contributed by atoms with van der Waals surface area (Å²) in [5, 5.41) is 0.0460. The van der Waals surface area contributed by atoms with Gasteiger partial charge in [-0.05, 0) is 49.2 Å². The summed E-state index contributed by atoms with van der Waals surface area (Å²) in [4.78, 5) is 18.1. The summed E-state index contributed by atoms with van der Waals surface area (Å²) in [6.45, 7) is 4.13. The summed E-state index contributed by atoms with van der Waals surface area (Å²) in [6.07, 6.45) is 0.0981. The van der Waals surface area contributed by atoms with Gasteiger partial charge in [-0.15, -0.1) is 0 Å². The lowest BCUT2D eigenvalue weighted by molar-refractivity contribution is -0.125. The molecule has 142 valence electrons. The van der Waals surface area contributed by atoms with Gasteiger partial charge in [-0.1, -0.05) is 23.7 Å². The lowest BCUT2D eigenvalue weighted by Crippen LogP contribution is -2.42. The molecule has 1 heterocycles. The summed E-state index contributed by atoms with van der Waals surface area (Å²) in [5.41, 5.74) is 7.58. The van der Waals surface area contributed by atoms with Gasteiger partial charge in [-0.3, -0.25) is 9.69 Å². The molecule has 1 amide bonds. The first kappa shape index (κ1) is 19.2. The van der Waals surface area contributed by atoms with Crippen molar-refractivity contribution in [3.8, 4) is 16.9 Å². The topological polar surface area (TPSA) is 67.9 Å². The third kappa shape index (κ3) is 4.22. The number of halogens is 2. The van der Waals surface area contributed by atoms with Crippen molar-refractivity contribution in [1.29, 1.82) is 0 Å². The first-order chi connectivity index (χ1) is 12.7. The van der Waals surface area contributed by atoms with Crippen molar-refractivity contribution in [3.05, 3.63) is 52.8 Å². The Morgan fingerprint density at radius 1 is 1.22 bits per heavy atom. The highest BCUT2D eigenvalue weighted by Gasteiger charge is 2.25. The van der Waals surface area contributed by atoms with Crippen LogP contribution in [0, 0.1) is 5.82 Å². The maximum absolute atomic E-state index is 13.5. The van der Waals surface area contributed by atoms with Gasteiger partial charge in [0.05, 0.1) is 18.0 Å². The molecule has 2 aromatic carbocycles. The summed E-state index contributed by atoms with van der Waals surface area (Å²) >= 11 is 5.90. The first-order valence-electron chi connectivity index (χ1n) is 8.50. The van der Waals surface area contributed by atoms with Crippen LogP contribution in [0.4, 0.5) is 4.39 Å². The number of ether oxygens (including phenoxy) is 1. The molecule has 2 N–H and O–H groups in total. The van der Waals surface area contributed by atoms with Crippen LogP contribution in [0.1, 0.15) is 19.4 Å². The average molecular weight is 390 g/mol. The maximum atomic E-state index is 13.5. The lowest BCUT2D eigenvalue weighted by atomic mass is 9.99. The molecule has 0 aromatic heterocycles. The van der Waals surface area contributed by atoms with Crippen molar-refractivity contribution in [2.75, 3.05) is 13.6 Å². The van der Waals surface area contributed by atoms with E-state index in [0.717, 1.165) is 11.1 Å². The summed E-state index contributed by atoms with van der Waals surface area (Å²) < 4.78 is 19.6. The molecule has 3 rings (SSSR count). The highest BCUT2D eigenvalue weighted by molar-refractivity contribution is 6.31. The largest absolute Gasteiger partial charge is 0.486 e. The molecule has 0 saturated carbocycles. The number of carbonyl (C=O) groups is 1. The van der Waals surface area contributed by atoms with Crippen molar-refractivity contribution < 1.29 is 13.9 Å². The lowest BCUT2D eigenvalue weighted by Gasteiger charge is -2.29. The average Bonchev–Trinajstić information content (AvgIpc) is 2.62. The van der Waals surface area contributed by atoms with Gasteiger partial charge < -0.3 is 10.5 Å². The van der Waals surface area contributed by atoms with E-state index in [1.54, 1.807) is 19.2 Å². The normalized spacial score (nSPS) is 17.0. The quantitative estimate of drug-likeness (QED) is 0.809. The number of amides is 1. The molecular formula is C20H21ClFN3O2. The van der Waals surface area contributed by atoms with E-state index in [9.17, 15) is 9.18 Å². The zero-order valence-electron chi connectivity index (χ0n) is 15.4. The number of nitrogens with two attached hydrogens (primary N) is 1. The van der Waals surface area contributed by atoms with Crippen LogP contribution in [-0.4, -0.2) is 36.0 Å². The van der Waals surface area contributed by atoms with Crippen molar-refractivity contribution in [3.63, 3.8) is 0 Å². The van der Waals surface area contributed by atoms with E-state index in [2.05, 4.69) is 4.99 Å². The molecule has 0 atom stereocenters. The number of rotatable bonds is 1. The van der Waals surface area contributed by atoms with Crippen LogP contribution in [0.15, 0.2) is 41.4 Å². The molecule has 0 unspecified atom stereocenters. The Kier molecular flexibility index (Phi) is 5.11. The minimum atomic E-state index is -0.596. The van der Waals surface area contributed by atoms with Crippen molar-refractivity contribution in [2.45, 2.75) is 25.9 Å². The van der Waals surface area contributed by atoms with Crippen LogP contribution in [-0.2, 0) is 11.2 Å². The van der Waals surface area contributed by atoms with Gasteiger partial charge in [0, 0.05) is 12.6 Å². The highest BCUT2D eigenvalue weighted by Crippen LogP contribution is 2.32. The molecule has 7 heteroatoms. The van der Waals surface area contributed by atoms with E-state index in [4.69, 9.17) is 22.1 Å². The van der Waals surface area contributed by atoms with Gasteiger partial charge in [0.15, 0.2) is 5.96 Å². The van der Waals surface area contributed by atoms with E-state index in [1.807, 2.05) is 32.0 Å². The standard InChI is InChI=1S/C20H21ClFN3O2/c1-20(2)11-24-19(23)25(3)18(26)10-14-8-12(5-7-17(14)27-20)13-4-6-16(22)15(21)9-13/h4-9H,10-11H2,1-3H3,(H2,23,24). The third-order valence-corrected chi connectivity index (χ3v) is 4.67. The Balaban J connectivity index is 2.06. The van der Waals surface area contributed by atoms with E-state index in [-0.39, 0.29) is 23.3 Å². The third-order valence-electron chi connectivity index (χ3n) is 4.38. The van der Waals surface area contributed by atoms with E-state index >= 15 is 0 Å². The number of likely N-dealkylation sites (N-methyl/N-ethyl adjacent to an activating group) is 1. The van der Waals surface area contributed by atoms with E-state index in [0.29, 0.717) is 17.9 Å². The van der Waals surface area contributed by atoms with Gasteiger partial charge >= 0.3 is 0 Å². The Hall–Kier alpha value is -2.60. The van der Waals surface area contributed by atoms with Crippen LogP contribution in [0.25, 0.3) is 11.1 Å². The van der Waals surface area contributed by atoms with E-state index in [1.165, 1.54) is 11.0 Å². The Morgan fingerprint density at radius 2 is 1.89 bits per heavy atom. The van der Waals surface area contributed by atoms with Gasteiger partial charge in [0.1, 0.15) is 17.2 Å². The molecule has 0 bridgehead atoms. The maximum Gasteiger partial charge on any atom is 0.233 e. The number of hydrogen-bond acceptors (Lipinski definition) is 4. The van der Waals surface area contributed by atoms with Gasteiger partial charge in [-0.25, -0.2) is 9.38 Å². The Morgan fingerprint density at radius 3 is 2.59 bits per heavy atom. The zero-order chi connectivity index (χ0) is 19.8. The van der Waals surface area contributed by atoms with Crippen LogP contribution in [0.3, 0.4) is 0 Å². The molecule has 0 aliphatic carbocycles. The molecule has 2 aromatic rings. The number of hydrogen-bond donors (Lipinski definition) is 1. The zero-order valence-corrected chi connectivity index (χ0v) is 16.2. The van der Waals surface area contributed by atoms with Gasteiger partial charge in [0.2, 0.25) is 5.91 Å². The first-order valence-corrected chi connectivity index (χ1v) is 8.88. The van der Waals surface area contributed by atoms with Gasteiger partial charge in [-0.2, -0.15) is 0 Å². The number of guanidine groups is 1. The molecule has 1 aliphatic rings. The predicted octanol–water partition coefficient (Wildman–Crippen LogP) is 3.63. The van der Waals surface area contributed by atoms with Crippen molar-refractivity contribution in [2.24, 2.45) is 10.7 Å². The fraction of sp³-hybridized carbons (Fsp3) is 0.300. The molecule has 5 nitrogen and oxygen atoms in total. The minimum Gasteiger partial charge on any atom is -0.486 e. The number of aliphatic imine (C=N–C) groups is 1. The second-order valence-corrected chi connectivity index (χ2v) is 7.52. The van der Waals surface area contributed by atoms with Gasteiger partial charge in [0.25, 0.3) is 0 Å². The van der Waals surface area contributed by atoms with Crippen molar-refractivity contribution in [1.82, 2.24) is 4.90 Å². The summed E-state index contributed by atoms with van der Waals surface area (Å²) in [6, 6.07) is 10.0. The number of nitrogens with zero attached hydrogens (tertiary/aromatic N) is 2. The minimum absolute atomic E-state index is 0.0460. The summed E-state index contributed by atoms with van der Waals surface area (Å²) in [7, 11) is 1.60. The fourth-order valence-electron chi connectivity index (χ4n) is 2.79. The molecule has 0 fully saturated rings. The number of carbonyl (C=O) groups excluding carboxylic acids is 1. The highest BCUT2D eigenvalue weighted by atomic mass is 35.5. The second-order valence-electron chi connectivity index (χ2n) is 7.12. The van der Waals surface area contributed by atoms with Crippen LogP contribution in [0.5, 0.6) is 5.75 Å². The smallest absolute Gasteiger partial charge is 0.233 e. The molecular weight excluding hydrogens is 369 g/mol. The van der Waals surface area contributed by atoms with Crippen LogP contribution >= 0.6 is 11.6 Å². The van der Waals surface area contributed by atoms with Crippen molar-refractivity contribution >= 4 is 23.5 Å². The van der Waals surface area contributed by atoms with E-state index < -0.39 is 11.4 Å². The predicted molar refractivity (Wildman–Crippen MR) is 105 cm³/mol. The number of fused-ring (bicyclic) bond motifs is 1. The molecule has 0 saturated heterocycles. The fourth-order valence-corrected chi connectivity index (χ4v) is 2.97. The van der Waals surface area contributed by atoms with Crippen LogP contribution in [0.2, 0.25) is 5.02 Å². The summed E-state index contributed by atoms with van der Waals surface area (Å²) in [5.74, 6) is 0.0853. The molecule has 27 heavy (non-hydrogen) atoms. The molecule has 0 spiro atoms. The Bertz CT molecular complexity index is 927. The molecule has 1 aliphatic heterocycles. The Labute approximate surface area is 162 Å². The molecule has 0 radical (unpaired) electrons. The SMILES string of the molecule is CN1C(=O)Cc2cc(-c3ccc(F)c(Cl)c3)ccc2OC(C)(C)CN=C1N. The van der Waals surface area contributed by atoms with Crippen LogP contribution < -0.4 is 10.5 Å². The second kappa shape index (κ2) is 7.19. The number of benzene rings is 2.